The molecule has 6 heteroatoms. The molecule has 140 valence electrons. The van der Waals surface area contributed by atoms with Crippen molar-refractivity contribution in [2.45, 2.75) is 42.9 Å². The molecule has 1 fully saturated rings. The van der Waals surface area contributed by atoms with E-state index in [1.165, 1.54) is 17.7 Å². The predicted octanol–water partition coefficient (Wildman–Crippen LogP) is 5.16. The van der Waals surface area contributed by atoms with Gasteiger partial charge in [-0.25, -0.2) is 13.1 Å². The van der Waals surface area contributed by atoms with Crippen LogP contribution in [-0.2, 0) is 22.3 Å². The van der Waals surface area contributed by atoms with Crippen LogP contribution in [0.15, 0.2) is 53.4 Å². The molecule has 1 saturated carbocycles. The molecule has 0 radical (unpaired) electrons. The minimum atomic E-state index is -3.53. The molecule has 26 heavy (non-hydrogen) atoms. The van der Waals surface area contributed by atoms with Crippen LogP contribution in [0.25, 0.3) is 0 Å². The third kappa shape index (κ3) is 4.80. The summed E-state index contributed by atoms with van der Waals surface area (Å²) < 4.78 is 28.0. The Hall–Kier alpha value is -1.07. The van der Waals surface area contributed by atoms with Crippen LogP contribution in [0.5, 0.6) is 0 Å². The molecule has 3 rings (SSSR count). The number of benzene rings is 2. The Labute approximate surface area is 165 Å². The summed E-state index contributed by atoms with van der Waals surface area (Å²) in [5, 5.41) is 0.525. The standard InChI is InChI=1S/C20H23Cl2NO2S/c21-14-17-5-3-16(4-6-17)13-20(11-1-2-12-20)15-23-26(24,25)19-9-7-18(22)8-10-19/h3-10,23H,1-2,11-15H2. The molecule has 0 spiro atoms. The van der Waals surface area contributed by atoms with Gasteiger partial charge in [-0.1, -0.05) is 48.7 Å². The van der Waals surface area contributed by atoms with Gasteiger partial charge in [0.25, 0.3) is 0 Å². The van der Waals surface area contributed by atoms with E-state index in [0.29, 0.717) is 17.4 Å². The summed E-state index contributed by atoms with van der Waals surface area (Å²) in [7, 11) is -3.53. The van der Waals surface area contributed by atoms with Gasteiger partial charge in [-0.2, -0.15) is 0 Å². The topological polar surface area (TPSA) is 46.2 Å². The minimum absolute atomic E-state index is 0.0258. The van der Waals surface area contributed by atoms with E-state index < -0.39 is 10.0 Å². The lowest BCUT2D eigenvalue weighted by molar-refractivity contribution is 0.295. The molecular weight excluding hydrogens is 389 g/mol. The molecule has 0 heterocycles. The van der Waals surface area contributed by atoms with Gasteiger partial charge in [-0.15, -0.1) is 11.6 Å². The summed E-state index contributed by atoms with van der Waals surface area (Å²) in [5.41, 5.74) is 2.30. The van der Waals surface area contributed by atoms with Crippen molar-refractivity contribution in [3.05, 3.63) is 64.7 Å². The van der Waals surface area contributed by atoms with Crippen molar-refractivity contribution in [3.8, 4) is 0 Å². The first kappa shape index (κ1) is 19.7. The second-order valence-corrected chi connectivity index (χ2v) is 9.58. The third-order valence-corrected chi connectivity index (χ3v) is 7.16. The van der Waals surface area contributed by atoms with Crippen molar-refractivity contribution >= 4 is 33.2 Å². The summed E-state index contributed by atoms with van der Waals surface area (Å²) in [5.74, 6) is 0.506. The summed E-state index contributed by atoms with van der Waals surface area (Å²) in [4.78, 5) is 0.251. The first-order valence-corrected chi connectivity index (χ1v) is 11.2. The molecule has 1 aliphatic carbocycles. The van der Waals surface area contributed by atoms with Crippen LogP contribution in [0.1, 0.15) is 36.8 Å². The monoisotopic (exact) mass is 411 g/mol. The van der Waals surface area contributed by atoms with Gasteiger partial charge in [0, 0.05) is 17.4 Å². The van der Waals surface area contributed by atoms with Crippen molar-refractivity contribution in [2.75, 3.05) is 6.54 Å². The average molecular weight is 412 g/mol. The number of alkyl halides is 1. The average Bonchev–Trinajstić information content (AvgIpc) is 3.10. The molecule has 2 aromatic carbocycles. The maximum atomic E-state index is 12.6. The van der Waals surface area contributed by atoms with Crippen LogP contribution in [0.3, 0.4) is 0 Å². The number of halogens is 2. The minimum Gasteiger partial charge on any atom is -0.211 e. The van der Waals surface area contributed by atoms with Crippen LogP contribution in [0.4, 0.5) is 0 Å². The smallest absolute Gasteiger partial charge is 0.211 e. The normalized spacial score (nSPS) is 16.7. The molecule has 3 nitrogen and oxygen atoms in total. The number of hydrogen-bond donors (Lipinski definition) is 1. The van der Waals surface area contributed by atoms with E-state index in [4.69, 9.17) is 23.2 Å². The summed E-state index contributed by atoms with van der Waals surface area (Å²) in [6.07, 6.45) is 5.23. The van der Waals surface area contributed by atoms with Gasteiger partial charge in [-0.05, 0) is 60.1 Å². The van der Waals surface area contributed by atoms with Crippen LogP contribution >= 0.6 is 23.2 Å². The lowest BCUT2D eigenvalue weighted by Crippen LogP contribution is -2.37. The van der Waals surface area contributed by atoms with E-state index in [9.17, 15) is 8.42 Å². The Kier molecular flexibility index (Phi) is 6.29. The molecule has 0 amide bonds. The van der Waals surface area contributed by atoms with E-state index in [2.05, 4.69) is 16.9 Å². The fourth-order valence-electron chi connectivity index (χ4n) is 3.67. The van der Waals surface area contributed by atoms with Gasteiger partial charge < -0.3 is 0 Å². The van der Waals surface area contributed by atoms with Crippen LogP contribution in [-0.4, -0.2) is 15.0 Å². The summed E-state index contributed by atoms with van der Waals surface area (Å²) in [6, 6.07) is 14.6. The molecule has 0 atom stereocenters. The lowest BCUT2D eigenvalue weighted by Gasteiger charge is -2.29. The van der Waals surface area contributed by atoms with Gasteiger partial charge in [0.1, 0.15) is 0 Å². The Bertz CT molecular complexity index is 827. The maximum Gasteiger partial charge on any atom is 0.240 e. The van der Waals surface area contributed by atoms with Crippen molar-refractivity contribution in [1.82, 2.24) is 4.72 Å². The van der Waals surface area contributed by atoms with Crippen molar-refractivity contribution in [3.63, 3.8) is 0 Å². The number of hydrogen-bond acceptors (Lipinski definition) is 2. The zero-order valence-electron chi connectivity index (χ0n) is 14.5. The number of sulfonamides is 1. The highest BCUT2D eigenvalue weighted by atomic mass is 35.5. The fraction of sp³-hybridized carbons (Fsp3) is 0.400. The molecule has 0 unspecified atom stereocenters. The van der Waals surface area contributed by atoms with Gasteiger partial charge in [-0.3, -0.25) is 0 Å². The zero-order chi connectivity index (χ0) is 18.6. The van der Waals surface area contributed by atoms with Crippen LogP contribution in [0, 0.1) is 5.41 Å². The Morgan fingerprint density at radius 1 is 0.923 bits per heavy atom. The van der Waals surface area contributed by atoms with E-state index in [1.54, 1.807) is 12.1 Å². The van der Waals surface area contributed by atoms with Crippen LogP contribution in [0.2, 0.25) is 5.02 Å². The maximum absolute atomic E-state index is 12.6. The molecule has 2 aromatic rings. The molecule has 1 N–H and O–H groups in total. The number of nitrogens with one attached hydrogen (secondary N) is 1. The van der Waals surface area contributed by atoms with Crippen molar-refractivity contribution in [2.24, 2.45) is 5.41 Å². The molecular formula is C20H23Cl2NO2S. The first-order valence-electron chi connectivity index (χ1n) is 8.82. The second-order valence-electron chi connectivity index (χ2n) is 7.11. The fourth-order valence-corrected chi connectivity index (χ4v) is 5.13. The van der Waals surface area contributed by atoms with Crippen LogP contribution < -0.4 is 4.72 Å². The van der Waals surface area contributed by atoms with E-state index in [0.717, 1.165) is 37.7 Å². The van der Waals surface area contributed by atoms with Crippen molar-refractivity contribution < 1.29 is 8.42 Å². The SMILES string of the molecule is O=S(=O)(NCC1(Cc2ccc(CCl)cc2)CCCC1)c1ccc(Cl)cc1. The second kappa shape index (κ2) is 8.30. The van der Waals surface area contributed by atoms with E-state index >= 15 is 0 Å². The molecule has 0 bridgehead atoms. The highest BCUT2D eigenvalue weighted by Crippen LogP contribution is 2.40. The highest BCUT2D eigenvalue weighted by molar-refractivity contribution is 7.89. The van der Waals surface area contributed by atoms with E-state index in [1.807, 2.05) is 12.1 Å². The summed E-state index contributed by atoms with van der Waals surface area (Å²) in [6.45, 7) is 0.454. The lowest BCUT2D eigenvalue weighted by atomic mass is 9.80. The Morgan fingerprint density at radius 3 is 2.08 bits per heavy atom. The molecule has 0 aliphatic heterocycles. The zero-order valence-corrected chi connectivity index (χ0v) is 16.9. The molecule has 0 aromatic heterocycles. The third-order valence-electron chi connectivity index (χ3n) is 5.18. The molecule has 0 saturated heterocycles. The van der Waals surface area contributed by atoms with Gasteiger partial charge in [0.15, 0.2) is 0 Å². The van der Waals surface area contributed by atoms with Gasteiger partial charge >= 0.3 is 0 Å². The van der Waals surface area contributed by atoms with E-state index in [-0.39, 0.29) is 10.3 Å². The number of rotatable bonds is 7. The quantitative estimate of drug-likeness (QED) is 0.639. The first-order chi connectivity index (χ1) is 12.4. The van der Waals surface area contributed by atoms with Crippen molar-refractivity contribution in [1.29, 1.82) is 0 Å². The van der Waals surface area contributed by atoms with Gasteiger partial charge in [0.2, 0.25) is 10.0 Å². The predicted molar refractivity (Wildman–Crippen MR) is 107 cm³/mol. The highest BCUT2D eigenvalue weighted by Gasteiger charge is 2.35. The largest absolute Gasteiger partial charge is 0.240 e. The van der Waals surface area contributed by atoms with Gasteiger partial charge in [0.05, 0.1) is 4.90 Å². The Balaban J connectivity index is 1.72. The Morgan fingerprint density at radius 2 is 1.50 bits per heavy atom. The molecule has 1 aliphatic rings. The summed E-state index contributed by atoms with van der Waals surface area (Å²) >= 11 is 11.7.